The first-order valence-corrected chi connectivity index (χ1v) is 18.8. The van der Waals surface area contributed by atoms with Gasteiger partial charge in [0.05, 0.1) is 0 Å². The van der Waals surface area contributed by atoms with Crippen molar-refractivity contribution in [2.75, 3.05) is 26.3 Å². The molecule has 1 aliphatic rings. The number of nitrogens with zero attached hydrogens (tertiary/aromatic N) is 2. The molecule has 0 saturated carbocycles. The summed E-state index contributed by atoms with van der Waals surface area (Å²) in [6.45, 7) is 36.3. The van der Waals surface area contributed by atoms with Crippen LogP contribution in [0.3, 0.4) is 0 Å². The summed E-state index contributed by atoms with van der Waals surface area (Å²) >= 11 is 0. The number of ether oxygens (including phenoxy) is 1. The zero-order valence-electron chi connectivity index (χ0n) is 34.5. The number of hydrogen-bond donors (Lipinski definition) is 1. The minimum atomic E-state index is -0.0178. The van der Waals surface area contributed by atoms with Gasteiger partial charge in [0.15, 0.2) is 0 Å². The van der Waals surface area contributed by atoms with E-state index in [1.807, 2.05) is 0 Å². The minimum absolute atomic E-state index is 0. The number of phenols is 1. The van der Waals surface area contributed by atoms with Crippen LogP contribution in [0.25, 0.3) is 10.6 Å². The maximum atomic E-state index is 10.4. The van der Waals surface area contributed by atoms with E-state index in [0.717, 1.165) is 37.4 Å². The Morgan fingerprint density at radius 2 is 0.900 bits per heavy atom. The Bertz CT molecular complexity index is 1280. The third-order valence-corrected chi connectivity index (χ3v) is 9.02. The van der Waals surface area contributed by atoms with Gasteiger partial charge < -0.3 is 20.5 Å². The van der Waals surface area contributed by atoms with Crippen LogP contribution >= 0.6 is 0 Å². The second kappa shape index (κ2) is 21.0. The molecule has 0 aromatic heterocycles. The molecule has 3 aromatic carbocycles. The molecular formula is C45H70N2O2Y-2. The number of aryl methyl sites for hydroxylation is 1. The summed E-state index contributed by atoms with van der Waals surface area (Å²) in [6, 6.07) is 17.4. The largest absolute Gasteiger partial charge is 0.685 e. The Labute approximate surface area is 333 Å². The molecule has 277 valence electrons. The van der Waals surface area contributed by atoms with Crippen LogP contribution in [0.1, 0.15) is 172 Å². The van der Waals surface area contributed by atoms with Gasteiger partial charge in [0.2, 0.25) is 0 Å². The smallest absolute Gasteiger partial charge is 0.123 e. The fourth-order valence-corrected chi connectivity index (χ4v) is 6.14. The van der Waals surface area contributed by atoms with Crippen molar-refractivity contribution in [3.05, 3.63) is 98.1 Å². The second-order valence-electron chi connectivity index (χ2n) is 17.0. The molecule has 4 rings (SSSR count). The van der Waals surface area contributed by atoms with Gasteiger partial charge in [0.25, 0.3) is 0 Å². The zero-order valence-corrected chi connectivity index (χ0v) is 37.3. The van der Waals surface area contributed by atoms with E-state index < -0.39 is 0 Å². The minimum Gasteiger partial charge on any atom is -0.685 e. The molecule has 0 unspecified atom stereocenters. The molecular weight excluding hydrogens is 689 g/mol. The van der Waals surface area contributed by atoms with Gasteiger partial charge in [-0.3, -0.25) is 0 Å². The van der Waals surface area contributed by atoms with Crippen LogP contribution in [-0.4, -0.2) is 31.4 Å². The summed E-state index contributed by atoms with van der Waals surface area (Å²) in [4.78, 5) is 0. The fraction of sp³-hybridized carbons (Fsp3) is 0.600. The molecule has 5 heteroatoms. The van der Waals surface area contributed by atoms with Gasteiger partial charge in [0.1, 0.15) is 5.75 Å². The van der Waals surface area contributed by atoms with Crippen molar-refractivity contribution in [3.63, 3.8) is 0 Å². The number of hydrogen-bond acceptors (Lipinski definition) is 2. The van der Waals surface area contributed by atoms with Crippen molar-refractivity contribution < 1.29 is 42.6 Å². The van der Waals surface area contributed by atoms with Gasteiger partial charge >= 0.3 is 0 Å². The van der Waals surface area contributed by atoms with E-state index in [-0.39, 0.29) is 43.5 Å². The average Bonchev–Trinajstić information content (AvgIpc) is 3.59. The molecule has 1 aliphatic heterocycles. The van der Waals surface area contributed by atoms with E-state index in [1.165, 1.54) is 52.0 Å². The van der Waals surface area contributed by atoms with Gasteiger partial charge in [0, 0.05) is 45.9 Å². The molecule has 1 N–H and O–H groups in total. The molecule has 4 nitrogen and oxygen atoms in total. The van der Waals surface area contributed by atoms with Crippen molar-refractivity contribution in [1.82, 2.24) is 0 Å². The SMILES string of the molecule is C1CCOC1.CC(C)c1cccc(C(C)C)c1[N-]CC[N-]c1c(C(C)C)cccc1C(C)C.Cc1cc(C(C)(C)C)c(O)c(C(C)(C)C)c1.[Y]. The quantitative estimate of drug-likeness (QED) is 0.221. The summed E-state index contributed by atoms with van der Waals surface area (Å²) in [5.41, 5.74) is 11.0. The number of benzene rings is 3. The standard InChI is InChI=1S/C26H38N2.C15H24O.C4H8O.Y/c1-17(2)21-11-9-12-22(18(3)4)25(21)27-15-16-28-26-23(19(5)6)13-10-14-24(26)20(7)8;1-10-8-11(14(2,3)4)13(16)12(9-10)15(5,6)7;1-2-4-5-3-1;/h9-14,17-20H,15-16H2,1-8H3;8-9,16H,1-7H3;1-4H2;/q-2;;;. The van der Waals surface area contributed by atoms with E-state index in [0.29, 0.717) is 29.4 Å². The summed E-state index contributed by atoms with van der Waals surface area (Å²) in [6.07, 6.45) is 2.56. The Balaban J connectivity index is 0.000000475. The maximum absolute atomic E-state index is 10.4. The van der Waals surface area contributed by atoms with Crippen molar-refractivity contribution in [1.29, 1.82) is 0 Å². The van der Waals surface area contributed by atoms with Gasteiger partial charge in [-0.25, -0.2) is 0 Å². The van der Waals surface area contributed by atoms with E-state index in [1.54, 1.807) is 0 Å². The van der Waals surface area contributed by atoms with Crippen LogP contribution in [0.4, 0.5) is 11.4 Å². The first kappa shape index (κ1) is 46.1. The average molecular weight is 760 g/mol. The Morgan fingerprint density at radius 3 is 1.12 bits per heavy atom. The number of rotatable bonds is 9. The Morgan fingerprint density at radius 1 is 0.600 bits per heavy atom. The molecule has 0 amide bonds. The molecule has 1 heterocycles. The molecule has 0 spiro atoms. The summed E-state index contributed by atoms with van der Waals surface area (Å²) in [7, 11) is 0. The molecule has 1 saturated heterocycles. The fourth-order valence-electron chi connectivity index (χ4n) is 6.14. The van der Waals surface area contributed by atoms with Crippen LogP contribution < -0.4 is 0 Å². The molecule has 0 bridgehead atoms. The van der Waals surface area contributed by atoms with Crippen LogP contribution in [0.2, 0.25) is 0 Å². The first-order chi connectivity index (χ1) is 22.8. The first-order valence-electron chi connectivity index (χ1n) is 18.8. The monoisotopic (exact) mass is 759 g/mol. The topological polar surface area (TPSA) is 57.7 Å². The molecule has 3 aromatic rings. The second-order valence-corrected chi connectivity index (χ2v) is 17.0. The summed E-state index contributed by atoms with van der Waals surface area (Å²) < 4.78 is 4.94. The normalized spacial score (nSPS) is 13.1. The van der Waals surface area contributed by atoms with Crippen LogP contribution in [0.15, 0.2) is 48.5 Å². The van der Waals surface area contributed by atoms with Gasteiger partial charge in [-0.1, -0.05) is 173 Å². The number of aromatic hydroxyl groups is 1. The molecule has 0 aliphatic carbocycles. The van der Waals surface area contributed by atoms with Crippen molar-refractivity contribution in [3.8, 4) is 5.75 Å². The predicted molar refractivity (Wildman–Crippen MR) is 215 cm³/mol. The van der Waals surface area contributed by atoms with Crippen molar-refractivity contribution >= 4 is 11.4 Å². The number of para-hydroxylation sites is 2. The van der Waals surface area contributed by atoms with E-state index >= 15 is 0 Å². The Kier molecular flexibility index (Phi) is 19.4. The van der Waals surface area contributed by atoms with Crippen molar-refractivity contribution in [2.45, 2.75) is 151 Å². The van der Waals surface area contributed by atoms with Crippen molar-refractivity contribution in [2.24, 2.45) is 0 Å². The van der Waals surface area contributed by atoms with Gasteiger partial charge in [-0.05, 0) is 65.4 Å². The third-order valence-electron chi connectivity index (χ3n) is 9.02. The van der Waals surface area contributed by atoms with Crippen LogP contribution in [0, 0.1) is 6.92 Å². The van der Waals surface area contributed by atoms with Crippen LogP contribution in [-0.2, 0) is 48.3 Å². The Hall–Kier alpha value is -1.88. The molecule has 0 atom stereocenters. The maximum Gasteiger partial charge on any atom is 0.123 e. The third kappa shape index (κ3) is 13.9. The van der Waals surface area contributed by atoms with E-state index in [2.05, 4.69) is 152 Å². The molecule has 1 fully saturated rings. The van der Waals surface area contributed by atoms with E-state index in [4.69, 9.17) is 15.4 Å². The van der Waals surface area contributed by atoms with E-state index in [9.17, 15) is 5.11 Å². The molecule has 1 radical (unpaired) electrons. The summed E-state index contributed by atoms with van der Waals surface area (Å²) in [5, 5.41) is 20.4. The summed E-state index contributed by atoms with van der Waals surface area (Å²) in [5.74, 6) is 2.37. The van der Waals surface area contributed by atoms with Gasteiger partial charge in [-0.15, -0.1) is 24.5 Å². The number of phenolic OH excluding ortho intramolecular Hbond substituents is 1. The van der Waals surface area contributed by atoms with Gasteiger partial charge in [-0.2, -0.15) is 0 Å². The van der Waals surface area contributed by atoms with Crippen LogP contribution in [0.5, 0.6) is 5.75 Å². The predicted octanol–water partition coefficient (Wildman–Crippen LogP) is 14.0. The zero-order chi connectivity index (χ0) is 37.1. The molecule has 50 heavy (non-hydrogen) atoms.